The quantitative estimate of drug-likeness (QED) is 0.00690. The Labute approximate surface area is 803 Å². The standard InChI is InChI=1S/C12H9N5O3.C12H11N5O.C9H8BrFO3.C8H6BrFO3.C8H7FO3.C7H7NO3.C5H3ClN4.C5H6ClN3.C4H2Cl2N2.C4H10O3.C4H12Si.Br2.H4N2.H2O/c1-8-4-9(17(18)19)2-3-10(8)20-12-5-11-13-6-15-16(11)7-14-12;1-8-4-9(13)2-3-10(8)18-12-5-11-14-6-16-17(11)7-15-12;1-13-6-4-3-5(10)7(8(6)11)9(12)14-2;1-13-5-3-2-4(9)6(7(5)10)8(11)12;1-12-6-4-2-3-5(7(6)9)8(10)11;1-5-4-6(8(10)11)2-3-7(5)9;6-4-1-5-7-2-9-10(5)3-8-4;6-5-1-4(2-7)8-3-9-5;5-3-1-4(6)8-2-7-3;1-5-4(6-2)7-3;1-5(2,3)4;2*1-2;/h2-7H,1H3;2-7H,13H2,1H3;3-4H,1-2H3;2-3H,1H3,(H,11,12);2-4H,1H3,(H,10,11);2-4,9H,1H3;1-3H;1,3H,2,7H2;1-2H;4H,1-3H3;1-4H3;;1-2H2;1H2. The topological polar surface area (TPSA) is 598 Å². The Kier molecular flexibility index (Phi) is 55.5. The minimum absolute atomic E-state index is 0. The third-order valence-electron chi connectivity index (χ3n) is 14.5. The summed E-state index contributed by atoms with van der Waals surface area (Å²) < 4.78 is 88.4. The van der Waals surface area contributed by atoms with Crippen LogP contribution >= 0.6 is 107 Å². The number of non-ortho nitro benzene ring substituents is 2. The number of nitro groups is 2. The third-order valence-corrected chi connectivity index (χ3v) is 16.6. The fraction of sp³-hybridized carbons (Fsp3) is 0.205. The van der Waals surface area contributed by atoms with Crippen LogP contribution in [0.25, 0.3) is 16.9 Å². The number of ether oxygens (including phenoxy) is 9. The summed E-state index contributed by atoms with van der Waals surface area (Å²) in [4.78, 5) is 90.8. The number of hydrazine groups is 1. The summed E-state index contributed by atoms with van der Waals surface area (Å²) >= 11 is 33.4. The van der Waals surface area contributed by atoms with Gasteiger partial charge in [-0.1, -0.05) is 78.7 Å². The Morgan fingerprint density at radius 2 is 0.879 bits per heavy atom. The number of carboxylic acid groups (broad SMARTS) is 2. The van der Waals surface area contributed by atoms with Gasteiger partial charge in [0.2, 0.25) is 11.8 Å². The molecule has 710 valence electrons. The number of phenolic OH excluding ortho intramolecular Hbond substituents is 1. The van der Waals surface area contributed by atoms with Gasteiger partial charge in [-0.3, -0.25) is 31.9 Å². The average Bonchev–Trinajstić information content (AvgIpc) is 1.69. The smallest absolute Gasteiger partial charge is 0.342 e. The molecule has 8 aromatic heterocycles. The molecule has 0 radical (unpaired) electrons. The van der Waals surface area contributed by atoms with Gasteiger partial charge in [0.15, 0.2) is 51.6 Å². The molecule has 132 heavy (non-hydrogen) atoms. The molecule has 0 saturated heterocycles. The number of aromatic carboxylic acids is 2. The number of carbonyl (C=O) groups excluding carboxylic acids is 1. The zero-order valence-electron chi connectivity index (χ0n) is 71.9. The second-order valence-electron chi connectivity index (χ2n) is 25.5. The first-order valence-corrected chi connectivity index (χ1v) is 46.8. The molecular formula is C78H87Br4Cl4F3N22O20Si. The van der Waals surface area contributed by atoms with Crippen LogP contribution in [0.4, 0.5) is 30.2 Å². The lowest BCUT2D eigenvalue weighted by Crippen LogP contribution is -2.14. The molecule has 14 rings (SSSR count). The van der Waals surface area contributed by atoms with Crippen molar-refractivity contribution in [3.05, 3.63) is 284 Å². The molecular weight excluding hydrogens is 2110 g/mol. The molecule has 0 amide bonds. The fourth-order valence-corrected chi connectivity index (χ4v) is 10.3. The van der Waals surface area contributed by atoms with Crippen molar-refractivity contribution in [1.82, 2.24) is 78.7 Å². The largest absolute Gasteiger partial charge is 0.508 e. The summed E-state index contributed by atoms with van der Waals surface area (Å²) in [5.41, 5.74) is 15.6. The van der Waals surface area contributed by atoms with E-state index in [1.807, 2.05) is 19.1 Å². The number of aromatic hydroxyl groups is 1. The van der Waals surface area contributed by atoms with Gasteiger partial charge in [0, 0.05) is 127 Å². The van der Waals surface area contributed by atoms with Gasteiger partial charge in [0.05, 0.1) is 49.5 Å². The maximum atomic E-state index is 13.5. The molecule has 14 aromatic rings. The van der Waals surface area contributed by atoms with Gasteiger partial charge in [-0.15, -0.1) is 0 Å². The molecule has 0 aliphatic rings. The lowest BCUT2D eigenvalue weighted by Gasteiger charge is -2.08. The number of methoxy groups -OCH3 is 7. The Morgan fingerprint density at radius 3 is 1.25 bits per heavy atom. The summed E-state index contributed by atoms with van der Waals surface area (Å²) in [6, 6.07) is 31.6. The first kappa shape index (κ1) is 118. The second-order valence-corrected chi connectivity index (χ2v) is 34.8. The fourth-order valence-electron chi connectivity index (χ4n) is 8.65. The molecule has 0 spiro atoms. The first-order valence-electron chi connectivity index (χ1n) is 35.9. The van der Waals surface area contributed by atoms with Crippen LogP contribution in [-0.4, -0.2) is 192 Å². The highest BCUT2D eigenvalue weighted by Gasteiger charge is 2.22. The van der Waals surface area contributed by atoms with E-state index in [-0.39, 0.29) is 55.4 Å². The number of nitrogens with two attached hydrogens (primary N) is 4. The molecule has 42 nitrogen and oxygen atoms in total. The molecule has 0 unspecified atom stereocenters. The Hall–Kier alpha value is -12.3. The van der Waals surface area contributed by atoms with Crippen LogP contribution in [0, 0.1) is 58.5 Å². The summed E-state index contributed by atoms with van der Waals surface area (Å²) in [6.07, 6.45) is 11.6. The second kappa shape index (κ2) is 62.2. The predicted molar refractivity (Wildman–Crippen MR) is 501 cm³/mol. The van der Waals surface area contributed by atoms with Gasteiger partial charge >= 0.3 is 17.9 Å². The number of aryl methyl sites for hydroxylation is 3. The summed E-state index contributed by atoms with van der Waals surface area (Å²) in [5, 5.41) is 60.3. The highest BCUT2D eigenvalue weighted by atomic mass is 80.9. The van der Waals surface area contributed by atoms with Crippen molar-refractivity contribution in [3.8, 4) is 46.3 Å². The van der Waals surface area contributed by atoms with Crippen molar-refractivity contribution in [2.24, 2.45) is 17.4 Å². The normalized spacial score (nSPS) is 9.83. The highest BCUT2D eigenvalue weighted by Crippen LogP contribution is 2.32. The molecule has 0 aliphatic carbocycles. The Morgan fingerprint density at radius 1 is 0.492 bits per heavy atom. The van der Waals surface area contributed by atoms with Gasteiger partial charge < -0.3 is 74.9 Å². The van der Waals surface area contributed by atoms with Gasteiger partial charge in [0.25, 0.3) is 17.9 Å². The number of aromatic nitrogens is 16. The van der Waals surface area contributed by atoms with Crippen molar-refractivity contribution in [2.45, 2.75) is 60.0 Å². The molecule has 54 heteroatoms. The van der Waals surface area contributed by atoms with Crippen molar-refractivity contribution >= 4 is 167 Å². The van der Waals surface area contributed by atoms with Gasteiger partial charge in [-0.05, 0) is 142 Å². The number of carboxylic acids is 2. The summed E-state index contributed by atoms with van der Waals surface area (Å²) in [7, 11) is 9.00. The van der Waals surface area contributed by atoms with E-state index in [1.54, 1.807) is 65.6 Å². The zero-order chi connectivity index (χ0) is 98.8. The van der Waals surface area contributed by atoms with E-state index < -0.39 is 65.3 Å². The number of nitrogens with zero attached hydrogens (tertiary/aromatic N) is 18. The van der Waals surface area contributed by atoms with E-state index >= 15 is 0 Å². The third kappa shape index (κ3) is 41.9. The van der Waals surface area contributed by atoms with Crippen LogP contribution in [-0.2, 0) is 25.5 Å². The van der Waals surface area contributed by atoms with Gasteiger partial charge in [0.1, 0.15) is 99.6 Å². The predicted octanol–water partition coefficient (Wildman–Crippen LogP) is 16.8. The lowest BCUT2D eigenvalue weighted by atomic mass is 10.2. The number of halogens is 11. The van der Waals surface area contributed by atoms with E-state index in [2.05, 4.69) is 192 Å². The summed E-state index contributed by atoms with van der Waals surface area (Å²) in [6.45, 7) is 14.5. The maximum Gasteiger partial charge on any atom is 0.342 e. The van der Waals surface area contributed by atoms with Crippen molar-refractivity contribution in [2.75, 3.05) is 55.5 Å². The maximum absolute atomic E-state index is 13.5. The average molecular weight is 2200 g/mol. The SMILES string of the molecule is BrBr.COC(=O)c1c(Br)ccc(OC)c1F.COC(OC)OC.COc1ccc(Br)c(C(=O)O)c1F.COc1cccc(C(=O)O)c1F.C[Si](C)(C)C.Cc1cc(N)ccc1Oc1cc2ncnn2cn1.Cc1cc([N+](=O)[O-])ccc1O.Cc1cc([N+](=O)[O-])ccc1Oc1cc2ncnn2cn1.Clc1cc(Cl)ncn1.Clc1cc2ncnn2cn1.NCc1cc(Cl)ncn1.NN.O. The number of fused-ring (bicyclic) bond motifs is 3. The monoisotopic (exact) mass is 2190 g/mol. The van der Waals surface area contributed by atoms with Crippen LogP contribution in [0.3, 0.4) is 0 Å². The van der Waals surface area contributed by atoms with Crippen LogP contribution in [0.5, 0.6) is 46.3 Å². The number of phenols is 1. The lowest BCUT2D eigenvalue weighted by molar-refractivity contribution is -0.385. The van der Waals surface area contributed by atoms with Crippen LogP contribution < -0.4 is 46.8 Å². The first-order chi connectivity index (χ1) is 62.1. The highest BCUT2D eigenvalue weighted by molar-refractivity contribution is 9.93. The van der Waals surface area contributed by atoms with E-state index in [1.165, 1.54) is 177 Å². The minimum atomic E-state index is -1.33. The molecule has 0 fully saturated rings. The number of esters is 1. The summed E-state index contributed by atoms with van der Waals surface area (Å²) in [5.74, 6) is 4.19. The minimum Gasteiger partial charge on any atom is -0.508 e. The number of hydrogen-bond acceptors (Lipinski definition) is 34. The van der Waals surface area contributed by atoms with E-state index in [0.29, 0.717) is 82.9 Å². The number of benzene rings is 6. The molecule has 6 aromatic carbocycles. The van der Waals surface area contributed by atoms with Gasteiger partial charge in [-0.25, -0.2) is 90.9 Å². The molecule has 13 N–H and O–H groups in total. The Bertz CT molecular complexity index is 5950. The number of carbonyl (C=O) groups is 3. The molecule has 0 saturated carbocycles. The number of nitro benzene ring substituents is 2. The molecule has 8 heterocycles. The molecule has 0 aliphatic heterocycles. The zero-order valence-corrected chi connectivity index (χ0v) is 82.3. The molecule has 0 atom stereocenters. The molecule has 0 bridgehead atoms. The van der Waals surface area contributed by atoms with Crippen LogP contribution in [0.1, 0.15) is 53.5 Å². The van der Waals surface area contributed by atoms with E-state index in [9.17, 15) is 47.8 Å². The number of hydrogen-bond donors (Lipinski definition) is 7. The van der Waals surface area contributed by atoms with Crippen molar-refractivity contribution < 1.29 is 101 Å². The van der Waals surface area contributed by atoms with Crippen LogP contribution in [0.2, 0.25) is 46.8 Å². The number of rotatable bonds is 16. The van der Waals surface area contributed by atoms with Crippen LogP contribution in [0.15, 0.2) is 187 Å². The van der Waals surface area contributed by atoms with Crippen molar-refractivity contribution in [1.29, 1.82) is 0 Å². The van der Waals surface area contributed by atoms with E-state index in [0.717, 1.165) is 17.0 Å². The number of nitrogen functional groups attached to an aromatic ring is 1. The Balaban J connectivity index is 0.000000735. The van der Waals surface area contributed by atoms with E-state index in [4.69, 9.17) is 87.4 Å². The van der Waals surface area contributed by atoms with Gasteiger partial charge in [-0.2, -0.15) is 15.3 Å². The number of anilines is 1. The van der Waals surface area contributed by atoms with Crippen molar-refractivity contribution in [3.63, 3.8) is 0 Å².